The predicted molar refractivity (Wildman–Crippen MR) is 69.5 cm³/mol. The summed E-state index contributed by atoms with van der Waals surface area (Å²) in [5.41, 5.74) is 3.99. The van der Waals surface area contributed by atoms with E-state index >= 15 is 0 Å². The van der Waals surface area contributed by atoms with E-state index < -0.39 is 27.4 Å². The molecule has 0 atom stereocenters. The van der Waals surface area contributed by atoms with E-state index in [1.807, 2.05) is 0 Å². The molecule has 1 aromatic rings. The Morgan fingerprint density at radius 1 is 1.42 bits per heavy atom. The number of thiophene rings is 1. The monoisotopic (exact) mass is 306 g/mol. The van der Waals surface area contributed by atoms with Crippen LogP contribution in [0, 0.1) is 0 Å². The van der Waals surface area contributed by atoms with Gasteiger partial charge in [0.1, 0.15) is 9.09 Å². The fraction of sp³-hybridized carbons (Fsp3) is 0.400. The van der Waals surface area contributed by atoms with E-state index in [0.29, 0.717) is 11.3 Å². The minimum atomic E-state index is -3.88. The van der Waals surface area contributed by atoms with Crippen molar-refractivity contribution < 1.29 is 23.1 Å². The van der Waals surface area contributed by atoms with Crippen molar-refractivity contribution in [2.24, 2.45) is 5.73 Å². The van der Waals surface area contributed by atoms with Gasteiger partial charge in [-0.25, -0.2) is 17.9 Å². The molecule has 0 unspecified atom stereocenters. The van der Waals surface area contributed by atoms with Crippen LogP contribution in [0.4, 0.5) is 0 Å². The van der Waals surface area contributed by atoms with Gasteiger partial charge in [0.2, 0.25) is 5.91 Å². The van der Waals surface area contributed by atoms with Gasteiger partial charge in [-0.3, -0.25) is 4.79 Å². The Kier molecular flexibility index (Phi) is 4.33. The van der Waals surface area contributed by atoms with Crippen molar-refractivity contribution in [3.63, 3.8) is 0 Å². The normalized spacial score (nSPS) is 12.3. The highest BCUT2D eigenvalue weighted by molar-refractivity contribution is 7.91. The van der Waals surface area contributed by atoms with Crippen molar-refractivity contribution in [3.8, 4) is 0 Å². The third kappa shape index (κ3) is 4.30. The number of carboxylic acid groups (broad SMARTS) is 1. The number of carbonyl (C=O) groups excluding carboxylic acids is 1. The van der Waals surface area contributed by atoms with Crippen molar-refractivity contribution in [1.29, 1.82) is 0 Å². The number of rotatable bonds is 6. The summed E-state index contributed by atoms with van der Waals surface area (Å²) in [4.78, 5) is 21.5. The first-order chi connectivity index (χ1) is 8.53. The molecule has 0 aromatic carbocycles. The number of aromatic carboxylic acids is 1. The van der Waals surface area contributed by atoms with Crippen LogP contribution < -0.4 is 10.5 Å². The maximum Gasteiger partial charge on any atom is 0.345 e. The van der Waals surface area contributed by atoms with Gasteiger partial charge in [-0.15, -0.1) is 11.3 Å². The van der Waals surface area contributed by atoms with E-state index in [1.54, 1.807) is 0 Å². The molecule has 0 aliphatic rings. The number of sulfonamides is 1. The molecule has 4 N–H and O–H groups in total. The Labute approximate surface area is 114 Å². The second-order valence-electron chi connectivity index (χ2n) is 4.56. The molecule has 0 radical (unpaired) electrons. The lowest BCUT2D eigenvalue weighted by Gasteiger charge is -2.23. The molecule has 1 heterocycles. The average Bonchev–Trinajstić information content (AvgIpc) is 2.61. The molecule has 1 rings (SSSR count). The van der Waals surface area contributed by atoms with Crippen molar-refractivity contribution in [2.45, 2.75) is 30.0 Å². The predicted octanol–water partition coefficient (Wildman–Crippen LogP) is 0.379. The topological polar surface area (TPSA) is 127 Å². The molecule has 1 amide bonds. The van der Waals surface area contributed by atoms with Crippen LogP contribution in [-0.2, 0) is 14.8 Å². The van der Waals surface area contributed by atoms with Gasteiger partial charge in [-0.1, -0.05) is 0 Å². The highest BCUT2D eigenvalue weighted by atomic mass is 32.2. The highest BCUT2D eigenvalue weighted by Crippen LogP contribution is 2.23. The molecule has 0 bridgehead atoms. The Hall–Kier alpha value is -1.45. The first kappa shape index (κ1) is 15.6. The summed E-state index contributed by atoms with van der Waals surface area (Å²) in [6, 6.07) is 2.42. The largest absolute Gasteiger partial charge is 0.477 e. The third-order valence-electron chi connectivity index (χ3n) is 2.08. The summed E-state index contributed by atoms with van der Waals surface area (Å²) in [6.07, 6.45) is -0.163. The van der Waals surface area contributed by atoms with Crippen LogP contribution in [0.3, 0.4) is 0 Å². The maximum absolute atomic E-state index is 12.0. The van der Waals surface area contributed by atoms with E-state index in [4.69, 9.17) is 10.8 Å². The summed E-state index contributed by atoms with van der Waals surface area (Å²) in [5.74, 6) is -1.83. The number of hydrogen-bond donors (Lipinski definition) is 3. The number of nitrogens with two attached hydrogens (primary N) is 1. The highest BCUT2D eigenvalue weighted by Gasteiger charge is 2.29. The van der Waals surface area contributed by atoms with Crippen molar-refractivity contribution in [3.05, 3.63) is 17.0 Å². The minimum Gasteiger partial charge on any atom is -0.477 e. The molecule has 0 aliphatic carbocycles. The first-order valence-corrected chi connectivity index (χ1v) is 7.49. The molecule has 19 heavy (non-hydrogen) atoms. The van der Waals surface area contributed by atoms with E-state index in [1.165, 1.54) is 26.0 Å². The molecule has 0 saturated carbocycles. The molecule has 0 spiro atoms. The van der Waals surface area contributed by atoms with Gasteiger partial charge in [-0.05, 0) is 26.0 Å². The summed E-state index contributed by atoms with van der Waals surface area (Å²) in [6.45, 7) is 3.03. The van der Waals surface area contributed by atoms with Gasteiger partial charge >= 0.3 is 5.97 Å². The van der Waals surface area contributed by atoms with Crippen molar-refractivity contribution in [2.75, 3.05) is 0 Å². The molecule has 1 aromatic heterocycles. The fourth-order valence-corrected chi connectivity index (χ4v) is 4.02. The molecule has 9 heteroatoms. The zero-order valence-corrected chi connectivity index (χ0v) is 12.0. The number of hydrogen-bond acceptors (Lipinski definition) is 5. The fourth-order valence-electron chi connectivity index (χ4n) is 1.47. The summed E-state index contributed by atoms with van der Waals surface area (Å²) in [7, 11) is -3.88. The second kappa shape index (κ2) is 5.27. The summed E-state index contributed by atoms with van der Waals surface area (Å²) >= 11 is 0.641. The van der Waals surface area contributed by atoms with Crippen LogP contribution in [0.2, 0.25) is 0 Å². The van der Waals surface area contributed by atoms with Gasteiger partial charge in [0.05, 0.1) is 0 Å². The van der Waals surface area contributed by atoms with Crippen LogP contribution in [-0.4, -0.2) is 30.9 Å². The Balaban J connectivity index is 2.97. The van der Waals surface area contributed by atoms with Crippen LogP contribution in [0.15, 0.2) is 16.3 Å². The van der Waals surface area contributed by atoms with E-state index in [0.717, 1.165) is 0 Å². The number of carbonyl (C=O) groups is 2. The van der Waals surface area contributed by atoms with Crippen molar-refractivity contribution in [1.82, 2.24) is 4.72 Å². The van der Waals surface area contributed by atoms with Gasteiger partial charge in [0.15, 0.2) is 0 Å². The van der Waals surface area contributed by atoms with Crippen LogP contribution in [0.25, 0.3) is 0 Å². The molecular weight excluding hydrogens is 292 g/mol. The molecule has 0 fully saturated rings. The van der Waals surface area contributed by atoms with Gasteiger partial charge in [0, 0.05) is 12.0 Å². The number of primary amides is 1. The van der Waals surface area contributed by atoms with E-state index in [2.05, 4.69) is 4.72 Å². The lowest BCUT2D eigenvalue weighted by Crippen LogP contribution is -2.45. The SMILES string of the molecule is CC(C)(CC(N)=O)NS(=O)(=O)c1ccc(C(=O)O)s1. The molecule has 0 saturated heterocycles. The molecule has 0 aliphatic heterocycles. The maximum atomic E-state index is 12.0. The number of nitrogens with one attached hydrogen (secondary N) is 1. The lowest BCUT2D eigenvalue weighted by atomic mass is 10.0. The zero-order chi connectivity index (χ0) is 14.8. The Morgan fingerprint density at radius 3 is 2.42 bits per heavy atom. The average molecular weight is 306 g/mol. The summed E-state index contributed by atoms with van der Waals surface area (Å²) < 4.78 is 26.2. The first-order valence-electron chi connectivity index (χ1n) is 5.19. The van der Waals surface area contributed by atoms with Crippen LogP contribution in [0.1, 0.15) is 29.9 Å². The van der Waals surface area contributed by atoms with Crippen LogP contribution in [0.5, 0.6) is 0 Å². The standard InChI is InChI=1S/C10H14N2O5S2/c1-10(2,5-7(11)13)12-19(16,17)8-4-3-6(18-8)9(14)15/h3-4,12H,5H2,1-2H3,(H2,11,13)(H,14,15). The van der Waals surface area contributed by atoms with E-state index in [9.17, 15) is 18.0 Å². The molecule has 7 nitrogen and oxygen atoms in total. The smallest absolute Gasteiger partial charge is 0.345 e. The minimum absolute atomic E-state index is 0.0758. The Morgan fingerprint density at radius 2 is 2.00 bits per heavy atom. The van der Waals surface area contributed by atoms with Crippen LogP contribution >= 0.6 is 11.3 Å². The third-order valence-corrected chi connectivity index (χ3v) is 5.35. The van der Waals surface area contributed by atoms with Gasteiger partial charge < -0.3 is 10.8 Å². The van der Waals surface area contributed by atoms with Crippen molar-refractivity contribution >= 4 is 33.2 Å². The quantitative estimate of drug-likeness (QED) is 0.700. The molecule has 106 valence electrons. The number of carboxylic acids is 1. The van der Waals surface area contributed by atoms with E-state index in [-0.39, 0.29) is 15.5 Å². The lowest BCUT2D eigenvalue weighted by molar-refractivity contribution is -0.119. The number of amides is 1. The second-order valence-corrected chi connectivity index (χ2v) is 7.55. The Bertz CT molecular complexity index is 603. The van der Waals surface area contributed by atoms with Gasteiger partial charge in [-0.2, -0.15) is 0 Å². The zero-order valence-electron chi connectivity index (χ0n) is 10.3. The summed E-state index contributed by atoms with van der Waals surface area (Å²) in [5, 5.41) is 8.75. The molecular formula is C10H14N2O5S2. The van der Waals surface area contributed by atoms with Gasteiger partial charge in [0.25, 0.3) is 10.0 Å².